The molecule has 21 heavy (non-hydrogen) atoms. The first-order valence-electron chi connectivity index (χ1n) is 7.71. The third kappa shape index (κ3) is 4.78. The van der Waals surface area contributed by atoms with E-state index in [1.165, 1.54) is 0 Å². The number of hydrogen-bond donors (Lipinski definition) is 0. The summed E-state index contributed by atoms with van der Waals surface area (Å²) in [5.74, 6) is 0.480. The molecule has 2 rings (SSSR count). The van der Waals surface area contributed by atoms with E-state index in [0.29, 0.717) is 5.91 Å². The molecular formula is C16H24BrN3O. The molecule has 1 saturated heterocycles. The Morgan fingerprint density at radius 1 is 1.33 bits per heavy atom. The molecule has 1 aromatic rings. The molecule has 5 heteroatoms. The van der Waals surface area contributed by atoms with Crippen molar-refractivity contribution in [1.29, 1.82) is 0 Å². The monoisotopic (exact) mass is 353 g/mol. The summed E-state index contributed by atoms with van der Waals surface area (Å²) >= 11 is 3.40. The highest BCUT2D eigenvalue weighted by Crippen LogP contribution is 2.14. The molecule has 2 heterocycles. The van der Waals surface area contributed by atoms with Crippen LogP contribution in [-0.4, -0.2) is 46.9 Å². The maximum atomic E-state index is 12.3. The molecule has 1 atom stereocenters. The molecule has 1 aliphatic rings. The van der Waals surface area contributed by atoms with E-state index in [2.05, 4.69) is 32.7 Å². The summed E-state index contributed by atoms with van der Waals surface area (Å²) in [6.07, 6.45) is 3.89. The summed E-state index contributed by atoms with van der Waals surface area (Å²) in [4.78, 5) is 21.1. The van der Waals surface area contributed by atoms with Crippen LogP contribution in [0, 0.1) is 5.92 Å². The van der Waals surface area contributed by atoms with Crippen molar-refractivity contribution >= 4 is 21.8 Å². The minimum atomic E-state index is 0.162. The number of halogens is 1. The molecule has 0 radical (unpaired) electrons. The Hall–Kier alpha value is -0.940. The average Bonchev–Trinajstić information content (AvgIpc) is 2.50. The molecule has 0 spiro atoms. The van der Waals surface area contributed by atoms with Gasteiger partial charge in [0.2, 0.25) is 5.91 Å². The Morgan fingerprint density at radius 2 is 2.05 bits per heavy atom. The first-order chi connectivity index (χ1) is 10.1. The summed E-state index contributed by atoms with van der Waals surface area (Å²) in [7, 11) is 0. The summed E-state index contributed by atoms with van der Waals surface area (Å²) in [5.41, 5.74) is 1.08. The first-order valence-corrected chi connectivity index (χ1v) is 8.51. The van der Waals surface area contributed by atoms with E-state index < -0.39 is 0 Å². The lowest BCUT2D eigenvalue weighted by molar-refractivity contribution is -0.137. The molecule has 1 aromatic heterocycles. The quantitative estimate of drug-likeness (QED) is 0.816. The van der Waals surface area contributed by atoms with Crippen molar-refractivity contribution < 1.29 is 4.79 Å². The summed E-state index contributed by atoms with van der Waals surface area (Å²) < 4.78 is 1.01. The van der Waals surface area contributed by atoms with E-state index >= 15 is 0 Å². The molecule has 116 valence electrons. The molecule has 4 nitrogen and oxygen atoms in total. The Labute approximate surface area is 135 Å². The number of nitrogens with zero attached hydrogens (tertiary/aromatic N) is 3. The zero-order valence-corrected chi connectivity index (χ0v) is 14.5. The van der Waals surface area contributed by atoms with Crippen LogP contribution in [0.3, 0.4) is 0 Å². The summed E-state index contributed by atoms with van der Waals surface area (Å²) in [5, 5.41) is 0. The second-order valence-corrected chi connectivity index (χ2v) is 6.67. The minimum Gasteiger partial charge on any atom is -0.340 e. The van der Waals surface area contributed by atoms with E-state index in [1.807, 2.05) is 30.2 Å². The van der Waals surface area contributed by atoms with Crippen LogP contribution in [-0.2, 0) is 11.3 Å². The smallest absolute Gasteiger partial charge is 0.225 e. The van der Waals surface area contributed by atoms with Gasteiger partial charge in [0.05, 0.1) is 5.69 Å². The van der Waals surface area contributed by atoms with Crippen molar-refractivity contribution in [3.8, 4) is 0 Å². The highest BCUT2D eigenvalue weighted by atomic mass is 79.9. The Kier molecular flexibility index (Phi) is 6.18. The summed E-state index contributed by atoms with van der Waals surface area (Å²) in [6.45, 7) is 8.58. The lowest BCUT2D eigenvalue weighted by Crippen LogP contribution is -2.49. The largest absolute Gasteiger partial charge is 0.340 e. The van der Waals surface area contributed by atoms with E-state index in [-0.39, 0.29) is 5.92 Å². The number of piperazine rings is 1. The zero-order chi connectivity index (χ0) is 15.2. The van der Waals surface area contributed by atoms with Gasteiger partial charge in [-0.25, -0.2) is 0 Å². The van der Waals surface area contributed by atoms with Crippen molar-refractivity contribution in [3.63, 3.8) is 0 Å². The number of aromatic nitrogens is 1. The van der Waals surface area contributed by atoms with Crippen LogP contribution in [0.2, 0.25) is 0 Å². The number of carbonyl (C=O) groups is 1. The van der Waals surface area contributed by atoms with E-state index in [0.717, 1.165) is 55.7 Å². The lowest BCUT2D eigenvalue weighted by atomic mass is 10.0. The van der Waals surface area contributed by atoms with Gasteiger partial charge in [0.1, 0.15) is 0 Å². The molecule has 0 aromatic carbocycles. The predicted molar refractivity (Wildman–Crippen MR) is 87.9 cm³/mol. The molecule has 0 bridgehead atoms. The van der Waals surface area contributed by atoms with Gasteiger partial charge in [-0.2, -0.15) is 0 Å². The Balaban J connectivity index is 1.80. The average molecular weight is 354 g/mol. The number of rotatable bonds is 5. The normalized spacial score (nSPS) is 17.8. The minimum absolute atomic E-state index is 0.162. The van der Waals surface area contributed by atoms with Crippen molar-refractivity contribution in [2.45, 2.75) is 33.2 Å². The second kappa shape index (κ2) is 7.90. The molecule has 1 fully saturated rings. The fourth-order valence-electron chi connectivity index (χ4n) is 2.72. The molecule has 1 amide bonds. The van der Waals surface area contributed by atoms with Gasteiger partial charge < -0.3 is 4.90 Å². The Bertz CT molecular complexity index is 455. The van der Waals surface area contributed by atoms with Crippen LogP contribution in [0.5, 0.6) is 0 Å². The number of amides is 1. The molecule has 1 aliphatic heterocycles. The van der Waals surface area contributed by atoms with Gasteiger partial charge in [0, 0.05) is 49.3 Å². The van der Waals surface area contributed by atoms with E-state index in [4.69, 9.17) is 0 Å². The van der Waals surface area contributed by atoms with Gasteiger partial charge >= 0.3 is 0 Å². The van der Waals surface area contributed by atoms with Crippen LogP contribution >= 0.6 is 15.9 Å². The zero-order valence-electron chi connectivity index (χ0n) is 12.9. The third-order valence-corrected chi connectivity index (χ3v) is 4.47. The third-order valence-electron chi connectivity index (χ3n) is 4.00. The SMILES string of the molecule is CCCC(C)C(=O)N1CCN(Cc2ccc(Br)cn2)CC1. The van der Waals surface area contributed by atoms with E-state index in [1.54, 1.807) is 0 Å². The number of carbonyl (C=O) groups excluding carboxylic acids is 1. The van der Waals surface area contributed by atoms with Crippen LogP contribution in [0.15, 0.2) is 22.8 Å². The van der Waals surface area contributed by atoms with E-state index in [9.17, 15) is 4.79 Å². The molecular weight excluding hydrogens is 330 g/mol. The lowest BCUT2D eigenvalue weighted by Gasteiger charge is -2.35. The van der Waals surface area contributed by atoms with Gasteiger partial charge in [-0.15, -0.1) is 0 Å². The van der Waals surface area contributed by atoms with Gasteiger partial charge in [-0.3, -0.25) is 14.7 Å². The highest BCUT2D eigenvalue weighted by Gasteiger charge is 2.24. The van der Waals surface area contributed by atoms with Gasteiger partial charge in [0.25, 0.3) is 0 Å². The maximum Gasteiger partial charge on any atom is 0.225 e. The molecule has 0 N–H and O–H groups in total. The van der Waals surface area contributed by atoms with Gasteiger partial charge in [-0.05, 0) is 34.5 Å². The van der Waals surface area contributed by atoms with Crippen LogP contribution in [0.1, 0.15) is 32.4 Å². The maximum absolute atomic E-state index is 12.3. The van der Waals surface area contributed by atoms with Gasteiger partial charge in [0.15, 0.2) is 0 Å². The van der Waals surface area contributed by atoms with Crippen LogP contribution in [0.4, 0.5) is 0 Å². The van der Waals surface area contributed by atoms with Crippen molar-refractivity contribution in [2.75, 3.05) is 26.2 Å². The predicted octanol–water partition coefficient (Wildman–Crippen LogP) is 2.92. The van der Waals surface area contributed by atoms with Gasteiger partial charge in [-0.1, -0.05) is 20.3 Å². The molecule has 1 unspecified atom stereocenters. The Morgan fingerprint density at radius 3 is 2.62 bits per heavy atom. The molecule has 0 saturated carbocycles. The standard InChI is InChI=1S/C16H24BrN3O/c1-3-4-13(2)16(21)20-9-7-19(8-10-20)12-15-6-5-14(17)11-18-15/h5-6,11,13H,3-4,7-10,12H2,1-2H3. The second-order valence-electron chi connectivity index (χ2n) is 5.76. The van der Waals surface area contributed by atoms with Crippen molar-refractivity contribution in [1.82, 2.24) is 14.8 Å². The summed E-state index contributed by atoms with van der Waals surface area (Å²) in [6, 6.07) is 4.07. The van der Waals surface area contributed by atoms with Crippen molar-refractivity contribution in [2.24, 2.45) is 5.92 Å². The van der Waals surface area contributed by atoms with Crippen LogP contribution < -0.4 is 0 Å². The van der Waals surface area contributed by atoms with Crippen molar-refractivity contribution in [3.05, 3.63) is 28.5 Å². The highest BCUT2D eigenvalue weighted by molar-refractivity contribution is 9.10. The van der Waals surface area contributed by atoms with Crippen LogP contribution in [0.25, 0.3) is 0 Å². The number of pyridine rings is 1. The topological polar surface area (TPSA) is 36.4 Å². The molecule has 0 aliphatic carbocycles. The first kappa shape index (κ1) is 16.4. The number of hydrogen-bond acceptors (Lipinski definition) is 3. The fraction of sp³-hybridized carbons (Fsp3) is 0.625. The fourth-order valence-corrected chi connectivity index (χ4v) is 2.96.